The number of piperidine rings is 1. The molecule has 29 heavy (non-hydrogen) atoms. The Morgan fingerprint density at radius 2 is 1.79 bits per heavy atom. The molecule has 6 nitrogen and oxygen atoms in total. The monoisotopic (exact) mass is 411 g/mol. The Hall–Kier alpha value is -2.51. The summed E-state index contributed by atoms with van der Waals surface area (Å²) >= 11 is 0. The molecule has 2 heterocycles. The minimum Gasteiger partial charge on any atom is -0.339 e. The molecule has 1 aliphatic rings. The van der Waals surface area contributed by atoms with E-state index >= 15 is 0 Å². The third kappa shape index (κ3) is 3.97. The summed E-state index contributed by atoms with van der Waals surface area (Å²) in [4.78, 5) is 4.89. The Morgan fingerprint density at radius 3 is 2.52 bits per heavy atom. The van der Waals surface area contributed by atoms with E-state index in [0.29, 0.717) is 29.7 Å². The molecule has 0 N–H and O–H groups in total. The van der Waals surface area contributed by atoms with Gasteiger partial charge in [0.05, 0.1) is 10.8 Å². The molecule has 1 fully saturated rings. The molecule has 0 spiro atoms. The zero-order valence-corrected chi connectivity index (χ0v) is 17.7. The maximum Gasteiger partial charge on any atom is 0.243 e. The fraction of sp³-hybridized carbons (Fsp3) is 0.364. The average Bonchev–Trinajstić information content (AvgIpc) is 3.21. The second kappa shape index (κ2) is 7.72. The van der Waals surface area contributed by atoms with Crippen molar-refractivity contribution in [2.75, 3.05) is 13.1 Å². The van der Waals surface area contributed by atoms with Gasteiger partial charge in [0.2, 0.25) is 21.7 Å². The Balaban J connectivity index is 1.55. The van der Waals surface area contributed by atoms with E-state index < -0.39 is 10.0 Å². The number of aryl methyl sites for hydroxylation is 3. The minimum absolute atomic E-state index is 0.100. The number of sulfonamides is 1. The second-order valence-electron chi connectivity index (χ2n) is 7.77. The summed E-state index contributed by atoms with van der Waals surface area (Å²) in [6, 6.07) is 13.2. The van der Waals surface area contributed by atoms with Crippen LogP contribution in [-0.2, 0) is 10.0 Å². The van der Waals surface area contributed by atoms with Gasteiger partial charge in [-0.3, -0.25) is 0 Å². The fourth-order valence-corrected chi connectivity index (χ4v) is 5.22. The summed E-state index contributed by atoms with van der Waals surface area (Å²) in [6.07, 6.45) is 1.59. The van der Waals surface area contributed by atoms with Gasteiger partial charge < -0.3 is 4.52 Å². The highest BCUT2D eigenvalue weighted by atomic mass is 32.2. The first-order valence-electron chi connectivity index (χ1n) is 9.82. The van der Waals surface area contributed by atoms with Gasteiger partial charge in [-0.15, -0.1) is 0 Å². The largest absolute Gasteiger partial charge is 0.339 e. The van der Waals surface area contributed by atoms with Crippen molar-refractivity contribution in [2.24, 2.45) is 0 Å². The number of hydrogen-bond acceptors (Lipinski definition) is 5. The Kier molecular flexibility index (Phi) is 5.27. The van der Waals surface area contributed by atoms with Crippen LogP contribution in [0.2, 0.25) is 0 Å². The number of hydrogen-bond donors (Lipinski definition) is 0. The topological polar surface area (TPSA) is 76.3 Å². The van der Waals surface area contributed by atoms with Crippen molar-refractivity contribution in [3.63, 3.8) is 0 Å². The summed E-state index contributed by atoms with van der Waals surface area (Å²) in [6.45, 7) is 6.79. The van der Waals surface area contributed by atoms with Crippen molar-refractivity contribution >= 4 is 10.0 Å². The Labute approximate surface area is 171 Å². The maximum absolute atomic E-state index is 13.1. The van der Waals surface area contributed by atoms with Gasteiger partial charge in [-0.2, -0.15) is 9.29 Å². The molecule has 1 aromatic heterocycles. The van der Waals surface area contributed by atoms with Crippen molar-refractivity contribution in [3.8, 4) is 11.4 Å². The van der Waals surface area contributed by atoms with Crippen molar-refractivity contribution in [1.29, 1.82) is 0 Å². The molecule has 0 radical (unpaired) electrons. The van der Waals surface area contributed by atoms with Crippen LogP contribution in [0.15, 0.2) is 51.9 Å². The van der Waals surface area contributed by atoms with Crippen LogP contribution >= 0.6 is 0 Å². The molecule has 1 atom stereocenters. The molecule has 0 bridgehead atoms. The smallest absolute Gasteiger partial charge is 0.243 e. The first kappa shape index (κ1) is 19.8. The van der Waals surface area contributed by atoms with Crippen LogP contribution in [0.25, 0.3) is 11.4 Å². The quantitative estimate of drug-likeness (QED) is 0.642. The van der Waals surface area contributed by atoms with Gasteiger partial charge in [0, 0.05) is 18.7 Å². The fourth-order valence-electron chi connectivity index (χ4n) is 3.61. The molecule has 2 aromatic carbocycles. The van der Waals surface area contributed by atoms with Crippen LogP contribution in [0.5, 0.6) is 0 Å². The van der Waals surface area contributed by atoms with Crippen LogP contribution < -0.4 is 0 Å². The number of benzene rings is 2. The van der Waals surface area contributed by atoms with E-state index in [9.17, 15) is 8.42 Å². The molecular formula is C22H25N3O3S. The Bertz CT molecular complexity index is 1120. The lowest BCUT2D eigenvalue weighted by atomic mass is 10.00. The first-order valence-corrected chi connectivity index (χ1v) is 11.3. The van der Waals surface area contributed by atoms with Gasteiger partial charge in [-0.25, -0.2) is 8.42 Å². The summed E-state index contributed by atoms with van der Waals surface area (Å²) in [5, 5.41) is 4.10. The minimum atomic E-state index is -3.55. The van der Waals surface area contributed by atoms with Gasteiger partial charge in [0.1, 0.15) is 0 Å². The third-order valence-corrected chi connectivity index (χ3v) is 7.46. The number of rotatable bonds is 4. The molecule has 7 heteroatoms. The highest BCUT2D eigenvalue weighted by Gasteiger charge is 2.33. The van der Waals surface area contributed by atoms with E-state index in [0.717, 1.165) is 35.1 Å². The zero-order chi connectivity index (χ0) is 20.6. The lowest BCUT2D eigenvalue weighted by molar-refractivity contribution is 0.265. The van der Waals surface area contributed by atoms with E-state index in [1.807, 2.05) is 51.1 Å². The van der Waals surface area contributed by atoms with Crippen LogP contribution in [0.3, 0.4) is 0 Å². The summed E-state index contributed by atoms with van der Waals surface area (Å²) < 4.78 is 33.3. The predicted molar refractivity (Wildman–Crippen MR) is 111 cm³/mol. The average molecular weight is 412 g/mol. The summed E-state index contributed by atoms with van der Waals surface area (Å²) in [7, 11) is -3.55. The van der Waals surface area contributed by atoms with E-state index in [4.69, 9.17) is 4.52 Å². The molecule has 0 aliphatic carbocycles. The lowest BCUT2D eigenvalue weighted by Crippen LogP contribution is -2.39. The number of aromatic nitrogens is 2. The van der Waals surface area contributed by atoms with Crippen LogP contribution in [0.4, 0.5) is 0 Å². The van der Waals surface area contributed by atoms with E-state index in [-0.39, 0.29) is 5.92 Å². The molecule has 1 saturated heterocycles. The molecule has 4 rings (SSSR count). The number of nitrogens with zero attached hydrogens (tertiary/aromatic N) is 3. The Morgan fingerprint density at radius 1 is 1.03 bits per heavy atom. The van der Waals surface area contributed by atoms with E-state index in [1.54, 1.807) is 16.4 Å². The highest BCUT2D eigenvalue weighted by Crippen LogP contribution is 2.31. The van der Waals surface area contributed by atoms with Gasteiger partial charge in [0.15, 0.2) is 0 Å². The summed E-state index contributed by atoms with van der Waals surface area (Å²) in [5.74, 6) is 0.937. The zero-order valence-electron chi connectivity index (χ0n) is 16.9. The van der Waals surface area contributed by atoms with Crippen LogP contribution in [0, 0.1) is 20.8 Å². The molecular weight excluding hydrogens is 386 g/mol. The van der Waals surface area contributed by atoms with Crippen molar-refractivity contribution in [2.45, 2.75) is 44.4 Å². The molecule has 0 saturated carbocycles. The van der Waals surface area contributed by atoms with Gasteiger partial charge in [0.25, 0.3) is 0 Å². The predicted octanol–water partition coefficient (Wildman–Crippen LogP) is 4.23. The molecule has 0 amide bonds. The standard InChI is InChI=1S/C22H25N3O3S/c1-15-6-9-18(10-7-15)21-23-22(28-24-21)19-5-4-12-25(14-19)29(26,27)20-11-8-16(2)17(3)13-20/h6-11,13,19H,4-5,12,14H2,1-3H3. The third-order valence-electron chi connectivity index (χ3n) is 5.60. The van der Waals surface area contributed by atoms with Crippen LogP contribution in [0.1, 0.15) is 41.3 Å². The first-order chi connectivity index (χ1) is 13.8. The SMILES string of the molecule is Cc1ccc(-c2noc(C3CCCN(S(=O)(=O)c4ccc(C)c(C)c4)C3)n2)cc1. The second-order valence-corrected chi connectivity index (χ2v) is 9.71. The van der Waals surface area contributed by atoms with Gasteiger partial charge >= 0.3 is 0 Å². The van der Waals surface area contributed by atoms with Gasteiger partial charge in [-0.1, -0.05) is 41.1 Å². The highest BCUT2D eigenvalue weighted by molar-refractivity contribution is 7.89. The van der Waals surface area contributed by atoms with Crippen molar-refractivity contribution in [3.05, 3.63) is 65.0 Å². The van der Waals surface area contributed by atoms with Crippen LogP contribution in [-0.4, -0.2) is 36.0 Å². The summed E-state index contributed by atoms with van der Waals surface area (Å²) in [5.41, 5.74) is 4.10. The lowest BCUT2D eigenvalue weighted by Gasteiger charge is -2.30. The van der Waals surface area contributed by atoms with E-state index in [1.165, 1.54) is 0 Å². The molecule has 1 unspecified atom stereocenters. The van der Waals surface area contributed by atoms with Gasteiger partial charge in [-0.05, 0) is 56.9 Å². The van der Waals surface area contributed by atoms with E-state index in [2.05, 4.69) is 10.1 Å². The molecule has 3 aromatic rings. The normalized spacial score (nSPS) is 18.1. The molecule has 1 aliphatic heterocycles. The maximum atomic E-state index is 13.1. The van der Waals surface area contributed by atoms with Crippen molar-refractivity contribution < 1.29 is 12.9 Å². The molecule has 152 valence electrons. The van der Waals surface area contributed by atoms with Crippen molar-refractivity contribution in [1.82, 2.24) is 14.4 Å².